The Bertz CT molecular complexity index is 570. The van der Waals surface area contributed by atoms with Crippen LogP contribution in [0.5, 0.6) is 0 Å². The van der Waals surface area contributed by atoms with Gasteiger partial charge in [-0.05, 0) is 20.8 Å². The van der Waals surface area contributed by atoms with E-state index < -0.39 is 0 Å². The van der Waals surface area contributed by atoms with Crippen molar-refractivity contribution in [3.05, 3.63) is 34.9 Å². The van der Waals surface area contributed by atoms with Crippen LogP contribution in [0.2, 0.25) is 0 Å². The summed E-state index contributed by atoms with van der Waals surface area (Å²) in [6, 6.07) is -0.0523. The maximum Gasteiger partial charge on any atom is 0.225 e. The number of hydrogen-bond donors (Lipinski definition) is 2. The lowest BCUT2D eigenvalue weighted by molar-refractivity contribution is -0.121. The fourth-order valence-electron chi connectivity index (χ4n) is 2.11. The summed E-state index contributed by atoms with van der Waals surface area (Å²) in [5.74, 6) is -0.00657. The number of H-pyrrole nitrogens is 1. The third-order valence-electron chi connectivity index (χ3n) is 3.39. The molecule has 6 nitrogen and oxygen atoms in total. The van der Waals surface area contributed by atoms with E-state index in [0.717, 1.165) is 22.5 Å². The number of rotatable bonds is 4. The number of aromatic amines is 1. The number of amides is 1. The van der Waals surface area contributed by atoms with Crippen molar-refractivity contribution in [3.8, 4) is 0 Å². The molecule has 0 aromatic carbocycles. The number of aryl methyl sites for hydroxylation is 2. The zero-order valence-corrected chi connectivity index (χ0v) is 11.7. The monoisotopic (exact) mass is 261 g/mol. The van der Waals surface area contributed by atoms with E-state index in [1.54, 1.807) is 17.1 Å². The summed E-state index contributed by atoms with van der Waals surface area (Å²) in [6.07, 6.45) is 3.85. The number of nitrogens with zero attached hydrogens (tertiary/aromatic N) is 3. The Hall–Kier alpha value is -2.11. The second-order valence-corrected chi connectivity index (χ2v) is 4.77. The molecule has 0 saturated carbocycles. The molecular weight excluding hydrogens is 242 g/mol. The van der Waals surface area contributed by atoms with Gasteiger partial charge in [-0.3, -0.25) is 14.6 Å². The molecular formula is C13H19N5O. The maximum absolute atomic E-state index is 12.1. The van der Waals surface area contributed by atoms with E-state index in [1.165, 1.54) is 0 Å². The van der Waals surface area contributed by atoms with Crippen LogP contribution in [0.25, 0.3) is 0 Å². The third kappa shape index (κ3) is 2.83. The van der Waals surface area contributed by atoms with E-state index in [1.807, 2.05) is 27.8 Å². The Balaban J connectivity index is 2.02. The van der Waals surface area contributed by atoms with Crippen LogP contribution >= 0.6 is 0 Å². The van der Waals surface area contributed by atoms with Crippen LogP contribution in [0.3, 0.4) is 0 Å². The summed E-state index contributed by atoms with van der Waals surface area (Å²) in [4.78, 5) is 12.1. The van der Waals surface area contributed by atoms with E-state index in [-0.39, 0.29) is 11.9 Å². The van der Waals surface area contributed by atoms with E-state index in [0.29, 0.717) is 6.42 Å². The van der Waals surface area contributed by atoms with Gasteiger partial charge in [0.1, 0.15) is 0 Å². The van der Waals surface area contributed by atoms with Crippen molar-refractivity contribution < 1.29 is 4.79 Å². The molecule has 19 heavy (non-hydrogen) atoms. The Kier molecular flexibility index (Phi) is 3.69. The fourth-order valence-corrected chi connectivity index (χ4v) is 2.11. The topological polar surface area (TPSA) is 75.6 Å². The molecule has 102 valence electrons. The van der Waals surface area contributed by atoms with Crippen molar-refractivity contribution in [2.75, 3.05) is 0 Å². The number of hydrogen-bond acceptors (Lipinski definition) is 3. The first-order chi connectivity index (χ1) is 8.99. The highest BCUT2D eigenvalue weighted by atomic mass is 16.1. The standard InChI is InChI=1S/C13H19N5O/c1-8(11-6-14-15-7-11)16-13(19)5-12-9(2)17-18(4)10(12)3/h6-8H,5H2,1-4H3,(H,14,15)(H,16,19). The van der Waals surface area contributed by atoms with Gasteiger partial charge in [-0.15, -0.1) is 0 Å². The normalized spacial score (nSPS) is 12.4. The molecule has 0 bridgehead atoms. The van der Waals surface area contributed by atoms with E-state index in [2.05, 4.69) is 20.6 Å². The Morgan fingerprint density at radius 3 is 2.79 bits per heavy atom. The van der Waals surface area contributed by atoms with Crippen molar-refractivity contribution in [2.24, 2.45) is 7.05 Å². The van der Waals surface area contributed by atoms with Crippen molar-refractivity contribution in [2.45, 2.75) is 33.2 Å². The average Bonchev–Trinajstić information content (AvgIpc) is 2.94. The van der Waals surface area contributed by atoms with Crippen LogP contribution < -0.4 is 5.32 Å². The highest BCUT2D eigenvalue weighted by Gasteiger charge is 2.15. The molecule has 2 aromatic rings. The number of carbonyl (C=O) groups is 1. The predicted molar refractivity (Wildman–Crippen MR) is 71.5 cm³/mol. The van der Waals surface area contributed by atoms with Gasteiger partial charge < -0.3 is 5.32 Å². The van der Waals surface area contributed by atoms with E-state index in [9.17, 15) is 4.79 Å². The fraction of sp³-hybridized carbons (Fsp3) is 0.462. The first kappa shape index (κ1) is 13.3. The van der Waals surface area contributed by atoms with Gasteiger partial charge in [0.15, 0.2) is 0 Å². The lowest BCUT2D eigenvalue weighted by Crippen LogP contribution is -2.28. The van der Waals surface area contributed by atoms with Gasteiger partial charge in [-0.25, -0.2) is 0 Å². The molecule has 2 aromatic heterocycles. The number of nitrogens with one attached hydrogen (secondary N) is 2. The van der Waals surface area contributed by atoms with Crippen LogP contribution in [-0.4, -0.2) is 25.9 Å². The molecule has 0 spiro atoms. The van der Waals surface area contributed by atoms with Gasteiger partial charge in [-0.2, -0.15) is 10.2 Å². The van der Waals surface area contributed by atoms with Crippen LogP contribution in [0.15, 0.2) is 12.4 Å². The highest BCUT2D eigenvalue weighted by molar-refractivity contribution is 5.79. The van der Waals surface area contributed by atoms with Gasteiger partial charge >= 0.3 is 0 Å². The molecule has 1 unspecified atom stereocenters. The number of aromatic nitrogens is 4. The molecule has 2 heterocycles. The highest BCUT2D eigenvalue weighted by Crippen LogP contribution is 2.14. The van der Waals surface area contributed by atoms with Crippen molar-refractivity contribution in [1.82, 2.24) is 25.3 Å². The summed E-state index contributed by atoms with van der Waals surface area (Å²) in [5.41, 5.74) is 3.90. The SMILES string of the molecule is Cc1nn(C)c(C)c1CC(=O)NC(C)c1cn[nH]c1. The molecule has 6 heteroatoms. The minimum Gasteiger partial charge on any atom is -0.349 e. The quantitative estimate of drug-likeness (QED) is 0.867. The Morgan fingerprint density at radius 1 is 1.53 bits per heavy atom. The van der Waals surface area contributed by atoms with Gasteiger partial charge in [0.25, 0.3) is 0 Å². The van der Waals surface area contributed by atoms with Crippen molar-refractivity contribution in [3.63, 3.8) is 0 Å². The molecule has 0 aliphatic rings. The van der Waals surface area contributed by atoms with Crippen molar-refractivity contribution >= 4 is 5.91 Å². The molecule has 0 saturated heterocycles. The van der Waals surface area contributed by atoms with Gasteiger partial charge in [0.05, 0.1) is 24.4 Å². The van der Waals surface area contributed by atoms with Gasteiger partial charge in [-0.1, -0.05) is 0 Å². The molecule has 1 amide bonds. The molecule has 0 aliphatic heterocycles. The average molecular weight is 261 g/mol. The lowest BCUT2D eigenvalue weighted by atomic mass is 10.1. The second-order valence-electron chi connectivity index (χ2n) is 4.77. The maximum atomic E-state index is 12.1. The zero-order valence-electron chi connectivity index (χ0n) is 11.7. The molecule has 2 N–H and O–H groups in total. The zero-order chi connectivity index (χ0) is 14.0. The van der Waals surface area contributed by atoms with Crippen LogP contribution in [0.4, 0.5) is 0 Å². The predicted octanol–water partition coefficient (Wildman–Crippen LogP) is 1.18. The Labute approximate surface area is 112 Å². The second kappa shape index (κ2) is 5.26. The third-order valence-corrected chi connectivity index (χ3v) is 3.39. The van der Waals surface area contributed by atoms with Crippen LogP contribution in [0.1, 0.15) is 35.5 Å². The smallest absolute Gasteiger partial charge is 0.225 e. The Morgan fingerprint density at radius 2 is 2.26 bits per heavy atom. The minimum absolute atomic E-state index is 0.00657. The summed E-state index contributed by atoms with van der Waals surface area (Å²) in [6.45, 7) is 5.84. The van der Waals surface area contributed by atoms with Crippen LogP contribution in [-0.2, 0) is 18.3 Å². The first-order valence-electron chi connectivity index (χ1n) is 6.26. The van der Waals surface area contributed by atoms with Gasteiger partial charge in [0.2, 0.25) is 5.91 Å². The van der Waals surface area contributed by atoms with Crippen molar-refractivity contribution in [1.29, 1.82) is 0 Å². The van der Waals surface area contributed by atoms with Crippen LogP contribution in [0, 0.1) is 13.8 Å². The summed E-state index contributed by atoms with van der Waals surface area (Å²) < 4.78 is 1.80. The van der Waals surface area contributed by atoms with Gasteiger partial charge in [0, 0.05) is 30.1 Å². The summed E-state index contributed by atoms with van der Waals surface area (Å²) >= 11 is 0. The molecule has 0 aliphatic carbocycles. The van der Waals surface area contributed by atoms with E-state index >= 15 is 0 Å². The molecule has 1 atom stereocenters. The summed E-state index contributed by atoms with van der Waals surface area (Å²) in [5, 5.41) is 13.9. The first-order valence-corrected chi connectivity index (χ1v) is 6.26. The molecule has 0 radical (unpaired) electrons. The van der Waals surface area contributed by atoms with E-state index in [4.69, 9.17) is 0 Å². The minimum atomic E-state index is -0.0523. The summed E-state index contributed by atoms with van der Waals surface area (Å²) in [7, 11) is 1.89. The molecule has 0 fully saturated rings. The largest absolute Gasteiger partial charge is 0.349 e. The number of carbonyl (C=O) groups excluding carboxylic acids is 1. The molecule has 2 rings (SSSR count). The lowest BCUT2D eigenvalue weighted by Gasteiger charge is -2.12.